The fourth-order valence-electron chi connectivity index (χ4n) is 3.05. The van der Waals surface area contributed by atoms with E-state index in [1.165, 1.54) is 6.42 Å². The van der Waals surface area contributed by atoms with E-state index < -0.39 is 16.5 Å². The third-order valence-corrected chi connectivity index (χ3v) is 11.9. The predicted molar refractivity (Wildman–Crippen MR) is 84.4 cm³/mol. The van der Waals surface area contributed by atoms with E-state index in [0.717, 1.165) is 5.92 Å². The van der Waals surface area contributed by atoms with Crippen molar-refractivity contribution in [3.05, 3.63) is 24.3 Å². The first-order valence-electron chi connectivity index (χ1n) is 6.74. The molecule has 0 amide bonds. The van der Waals surface area contributed by atoms with Gasteiger partial charge in [-0.3, -0.25) is 0 Å². The smallest absolute Gasteiger partial charge is 0.126 e. The molecule has 0 fully saturated rings. The molecule has 0 aromatic carbocycles. The minimum Gasteiger partial charge on any atom is -0.359 e. The summed E-state index contributed by atoms with van der Waals surface area (Å²) < 4.78 is 4.06. The molecular formula is C14H29NSi2. The molecule has 1 N–H and O–H groups in total. The largest absolute Gasteiger partial charge is 0.359 e. The Morgan fingerprint density at radius 2 is 1.47 bits per heavy atom. The molecule has 1 aliphatic rings. The predicted octanol–water partition coefficient (Wildman–Crippen LogP) is 4.53. The molecule has 17 heavy (non-hydrogen) atoms. The molecular weight excluding hydrogens is 238 g/mol. The fraction of sp³-hybridized carbons (Fsp3) is 0.714. The summed E-state index contributed by atoms with van der Waals surface area (Å²) in [4.78, 5) is 0. The molecule has 0 bridgehead atoms. The van der Waals surface area contributed by atoms with E-state index in [1.807, 2.05) is 0 Å². The molecule has 0 unspecified atom stereocenters. The lowest BCUT2D eigenvalue weighted by molar-refractivity contribution is 0.532. The van der Waals surface area contributed by atoms with Gasteiger partial charge in [0, 0.05) is 5.04 Å². The Morgan fingerprint density at radius 1 is 1.00 bits per heavy atom. The molecule has 0 atom stereocenters. The normalized spacial score (nSPS) is 19.3. The third-order valence-electron chi connectivity index (χ3n) is 3.50. The van der Waals surface area contributed by atoms with Gasteiger partial charge in [0.2, 0.25) is 0 Å². The lowest BCUT2D eigenvalue weighted by Crippen LogP contribution is -2.62. The SMILES string of the molecule is CC(C)CC1([Si](C)(C)N[Si](C)(C)C)C=CC=C1. The van der Waals surface area contributed by atoms with Crippen LogP contribution in [0.1, 0.15) is 20.3 Å². The van der Waals surface area contributed by atoms with Gasteiger partial charge in [-0.05, 0) is 12.3 Å². The molecule has 1 aliphatic carbocycles. The molecule has 3 heteroatoms. The zero-order valence-electron chi connectivity index (χ0n) is 12.6. The van der Waals surface area contributed by atoms with Crippen molar-refractivity contribution in [2.45, 2.75) is 58.0 Å². The van der Waals surface area contributed by atoms with Gasteiger partial charge < -0.3 is 4.65 Å². The lowest BCUT2D eigenvalue weighted by atomic mass is 9.97. The molecule has 0 saturated carbocycles. The van der Waals surface area contributed by atoms with E-state index in [1.54, 1.807) is 0 Å². The fourth-order valence-corrected chi connectivity index (χ4v) is 13.4. The van der Waals surface area contributed by atoms with Crippen LogP contribution in [0.5, 0.6) is 0 Å². The van der Waals surface area contributed by atoms with E-state index >= 15 is 0 Å². The Kier molecular flexibility index (Phi) is 4.27. The molecule has 0 heterocycles. The monoisotopic (exact) mass is 267 g/mol. The Hall–Kier alpha value is -0.126. The van der Waals surface area contributed by atoms with Crippen LogP contribution in [0.4, 0.5) is 0 Å². The summed E-state index contributed by atoms with van der Waals surface area (Å²) >= 11 is 0. The van der Waals surface area contributed by atoms with Crippen molar-refractivity contribution in [1.29, 1.82) is 0 Å². The van der Waals surface area contributed by atoms with Crippen LogP contribution in [-0.4, -0.2) is 16.5 Å². The van der Waals surface area contributed by atoms with Crippen LogP contribution in [0.15, 0.2) is 24.3 Å². The lowest BCUT2D eigenvalue weighted by Gasteiger charge is -2.45. The van der Waals surface area contributed by atoms with E-state index in [0.29, 0.717) is 5.04 Å². The quantitative estimate of drug-likeness (QED) is 0.722. The van der Waals surface area contributed by atoms with Crippen molar-refractivity contribution in [2.24, 2.45) is 5.92 Å². The molecule has 0 spiro atoms. The van der Waals surface area contributed by atoms with Gasteiger partial charge in [-0.15, -0.1) is 0 Å². The van der Waals surface area contributed by atoms with Crippen molar-refractivity contribution in [3.63, 3.8) is 0 Å². The summed E-state index contributed by atoms with van der Waals surface area (Å²) in [7, 11) is -2.69. The molecule has 98 valence electrons. The average Bonchev–Trinajstić information content (AvgIpc) is 2.48. The second kappa shape index (κ2) is 4.86. The summed E-state index contributed by atoms with van der Waals surface area (Å²) in [6.07, 6.45) is 10.7. The van der Waals surface area contributed by atoms with Crippen LogP contribution in [0.25, 0.3) is 0 Å². The Morgan fingerprint density at radius 3 is 1.82 bits per heavy atom. The van der Waals surface area contributed by atoms with Crippen molar-refractivity contribution >= 4 is 16.5 Å². The van der Waals surface area contributed by atoms with Crippen molar-refractivity contribution in [1.82, 2.24) is 4.65 Å². The topological polar surface area (TPSA) is 12.0 Å². The van der Waals surface area contributed by atoms with Crippen LogP contribution in [-0.2, 0) is 0 Å². The van der Waals surface area contributed by atoms with Crippen molar-refractivity contribution in [3.8, 4) is 0 Å². The van der Waals surface area contributed by atoms with Crippen LogP contribution in [0.2, 0.25) is 37.8 Å². The molecule has 0 saturated heterocycles. The standard InChI is InChI=1S/C14H29NSi2/c1-13(2)12-14(10-8-9-11-14)17(6,7)15-16(3,4)5/h8-11,13,15H,12H2,1-7H3. The van der Waals surface area contributed by atoms with E-state index in [4.69, 9.17) is 0 Å². The first kappa shape index (κ1) is 14.9. The maximum atomic E-state index is 4.06. The van der Waals surface area contributed by atoms with Crippen LogP contribution in [0.3, 0.4) is 0 Å². The highest BCUT2D eigenvalue weighted by atomic mass is 28.4. The highest BCUT2D eigenvalue weighted by molar-refractivity contribution is 6.92. The zero-order chi connectivity index (χ0) is 13.3. The summed E-state index contributed by atoms with van der Waals surface area (Å²) in [5, 5.41) is 0.321. The van der Waals surface area contributed by atoms with Gasteiger partial charge in [-0.1, -0.05) is 70.9 Å². The maximum Gasteiger partial charge on any atom is 0.126 e. The summed E-state index contributed by atoms with van der Waals surface area (Å²) in [5.41, 5.74) is 0. The average molecular weight is 268 g/mol. The Bertz CT molecular complexity index is 310. The van der Waals surface area contributed by atoms with Gasteiger partial charge in [-0.25, -0.2) is 0 Å². The molecule has 0 aliphatic heterocycles. The van der Waals surface area contributed by atoms with Gasteiger partial charge in [0.25, 0.3) is 0 Å². The Balaban J connectivity index is 2.99. The van der Waals surface area contributed by atoms with Crippen LogP contribution in [0, 0.1) is 5.92 Å². The van der Waals surface area contributed by atoms with E-state index in [-0.39, 0.29) is 0 Å². The highest BCUT2D eigenvalue weighted by Crippen LogP contribution is 2.48. The first-order valence-corrected chi connectivity index (χ1v) is 13.2. The van der Waals surface area contributed by atoms with Crippen molar-refractivity contribution in [2.75, 3.05) is 0 Å². The zero-order valence-corrected chi connectivity index (χ0v) is 14.6. The molecule has 0 aromatic heterocycles. The Labute approximate surface area is 110 Å². The van der Waals surface area contributed by atoms with Crippen LogP contribution < -0.4 is 4.65 Å². The minimum atomic E-state index is -1.48. The van der Waals surface area contributed by atoms with Crippen LogP contribution >= 0.6 is 0 Å². The second-order valence-corrected chi connectivity index (χ2v) is 17.0. The maximum absolute atomic E-state index is 4.06. The van der Waals surface area contributed by atoms with Gasteiger partial charge in [-0.2, -0.15) is 0 Å². The molecule has 1 nitrogen and oxygen atoms in total. The highest BCUT2D eigenvalue weighted by Gasteiger charge is 2.46. The van der Waals surface area contributed by atoms with Crippen molar-refractivity contribution < 1.29 is 0 Å². The molecule has 0 radical (unpaired) electrons. The second-order valence-electron chi connectivity index (χ2n) is 7.36. The van der Waals surface area contributed by atoms with Gasteiger partial charge in [0.15, 0.2) is 0 Å². The number of hydrogen-bond donors (Lipinski definition) is 1. The summed E-state index contributed by atoms with van der Waals surface area (Å²) in [6.45, 7) is 16.9. The van der Waals surface area contributed by atoms with E-state index in [2.05, 4.69) is 75.5 Å². The number of allylic oxidation sites excluding steroid dienone is 4. The summed E-state index contributed by atoms with van der Waals surface area (Å²) in [5.74, 6) is 0.748. The first-order chi connectivity index (χ1) is 7.58. The molecule has 1 rings (SSSR count). The molecule has 0 aromatic rings. The number of hydrogen-bond acceptors (Lipinski definition) is 1. The van der Waals surface area contributed by atoms with Gasteiger partial charge in [0.1, 0.15) is 16.5 Å². The van der Waals surface area contributed by atoms with Gasteiger partial charge in [0.05, 0.1) is 0 Å². The summed E-state index contributed by atoms with van der Waals surface area (Å²) in [6, 6.07) is 0. The minimum absolute atomic E-state index is 0.321. The number of nitrogens with one attached hydrogen (secondary N) is 1. The van der Waals surface area contributed by atoms with Gasteiger partial charge >= 0.3 is 0 Å². The van der Waals surface area contributed by atoms with E-state index in [9.17, 15) is 0 Å². The third kappa shape index (κ3) is 3.66. The number of rotatable bonds is 5.